The van der Waals surface area contributed by atoms with E-state index in [-0.39, 0.29) is 6.61 Å². The van der Waals surface area contributed by atoms with Crippen LogP contribution in [0.5, 0.6) is 0 Å². The molecule has 80 valence electrons. The Bertz CT molecular complexity index is 247. The van der Waals surface area contributed by atoms with Gasteiger partial charge in [0.15, 0.2) is 0 Å². The molecule has 0 atom stereocenters. The van der Waals surface area contributed by atoms with E-state index in [9.17, 15) is 0 Å². The summed E-state index contributed by atoms with van der Waals surface area (Å²) in [6.07, 6.45) is 5.88. The highest BCUT2D eigenvalue weighted by molar-refractivity contribution is 4.97. The van der Waals surface area contributed by atoms with E-state index in [1.807, 2.05) is 10.8 Å². The summed E-state index contributed by atoms with van der Waals surface area (Å²) in [4.78, 5) is 4.24. The molecule has 4 nitrogen and oxygen atoms in total. The van der Waals surface area contributed by atoms with Crippen LogP contribution in [-0.4, -0.2) is 34.4 Å². The number of aromatic nitrogens is 2. The molecule has 0 aliphatic carbocycles. The standard InChI is InChI=1S/C10H19N3O/c1-2-4-11-5-3-10-8-13(6-7-14)9-12-10/h8-9,11,14H,2-7H2,1H3. The van der Waals surface area contributed by atoms with Crippen LogP contribution in [0.15, 0.2) is 12.5 Å². The molecule has 0 saturated carbocycles. The third-order valence-corrected chi connectivity index (χ3v) is 2.03. The van der Waals surface area contributed by atoms with Crippen LogP contribution >= 0.6 is 0 Å². The molecule has 0 fully saturated rings. The minimum Gasteiger partial charge on any atom is -0.395 e. The van der Waals surface area contributed by atoms with Crippen molar-refractivity contribution in [1.82, 2.24) is 14.9 Å². The third kappa shape index (κ3) is 3.89. The Labute approximate surface area is 85.0 Å². The first-order valence-corrected chi connectivity index (χ1v) is 5.19. The Hall–Kier alpha value is -0.870. The van der Waals surface area contributed by atoms with Gasteiger partial charge in [-0.25, -0.2) is 4.98 Å². The van der Waals surface area contributed by atoms with Crippen LogP contribution in [0.2, 0.25) is 0 Å². The molecule has 0 bridgehead atoms. The van der Waals surface area contributed by atoms with Gasteiger partial charge < -0.3 is 15.0 Å². The molecule has 0 radical (unpaired) electrons. The van der Waals surface area contributed by atoms with Gasteiger partial charge in [0.05, 0.1) is 18.6 Å². The van der Waals surface area contributed by atoms with Gasteiger partial charge in [-0.05, 0) is 13.0 Å². The normalized spacial score (nSPS) is 10.7. The third-order valence-electron chi connectivity index (χ3n) is 2.03. The molecule has 0 spiro atoms. The summed E-state index contributed by atoms with van der Waals surface area (Å²) in [6, 6.07) is 0. The van der Waals surface area contributed by atoms with Crippen LogP contribution in [0.25, 0.3) is 0 Å². The molecular formula is C10H19N3O. The zero-order chi connectivity index (χ0) is 10.2. The number of imidazole rings is 1. The van der Waals surface area contributed by atoms with E-state index < -0.39 is 0 Å². The lowest BCUT2D eigenvalue weighted by Crippen LogP contribution is -2.17. The molecule has 1 aromatic rings. The van der Waals surface area contributed by atoms with Gasteiger partial charge in [0.1, 0.15) is 0 Å². The van der Waals surface area contributed by atoms with Crippen LogP contribution in [0, 0.1) is 0 Å². The van der Waals surface area contributed by atoms with Crippen molar-refractivity contribution in [2.24, 2.45) is 0 Å². The monoisotopic (exact) mass is 197 g/mol. The van der Waals surface area contributed by atoms with Crippen LogP contribution in [0.1, 0.15) is 19.0 Å². The van der Waals surface area contributed by atoms with Crippen LogP contribution in [-0.2, 0) is 13.0 Å². The second kappa shape index (κ2) is 6.56. The van der Waals surface area contributed by atoms with Crippen molar-refractivity contribution in [1.29, 1.82) is 0 Å². The van der Waals surface area contributed by atoms with E-state index in [1.54, 1.807) is 6.33 Å². The zero-order valence-electron chi connectivity index (χ0n) is 8.74. The molecule has 0 aliphatic rings. The van der Waals surface area contributed by atoms with E-state index in [0.29, 0.717) is 6.54 Å². The first-order chi connectivity index (χ1) is 6.86. The van der Waals surface area contributed by atoms with Crippen LogP contribution in [0.4, 0.5) is 0 Å². The molecule has 2 N–H and O–H groups in total. The van der Waals surface area contributed by atoms with Crippen molar-refractivity contribution in [2.45, 2.75) is 26.3 Å². The highest BCUT2D eigenvalue weighted by atomic mass is 16.3. The van der Waals surface area contributed by atoms with Crippen LogP contribution in [0.3, 0.4) is 0 Å². The fraction of sp³-hybridized carbons (Fsp3) is 0.700. The van der Waals surface area contributed by atoms with Gasteiger partial charge in [0.2, 0.25) is 0 Å². The van der Waals surface area contributed by atoms with Gasteiger partial charge in [-0.2, -0.15) is 0 Å². The summed E-state index contributed by atoms with van der Waals surface area (Å²) in [6.45, 7) is 5.00. The summed E-state index contributed by atoms with van der Waals surface area (Å²) < 4.78 is 1.91. The number of nitrogens with zero attached hydrogens (tertiary/aromatic N) is 2. The van der Waals surface area contributed by atoms with Crippen molar-refractivity contribution in [3.05, 3.63) is 18.2 Å². The Kier molecular flexibility index (Phi) is 5.25. The van der Waals surface area contributed by atoms with Crippen molar-refractivity contribution >= 4 is 0 Å². The number of aliphatic hydroxyl groups excluding tert-OH is 1. The topological polar surface area (TPSA) is 50.1 Å². The molecule has 0 aliphatic heterocycles. The van der Waals surface area contributed by atoms with E-state index >= 15 is 0 Å². The number of hydrogen-bond acceptors (Lipinski definition) is 3. The van der Waals surface area contributed by atoms with Crippen LogP contribution < -0.4 is 5.32 Å². The van der Waals surface area contributed by atoms with Gasteiger partial charge >= 0.3 is 0 Å². The van der Waals surface area contributed by atoms with E-state index in [2.05, 4.69) is 17.2 Å². The van der Waals surface area contributed by atoms with Gasteiger partial charge in [0, 0.05) is 25.7 Å². The van der Waals surface area contributed by atoms with E-state index in [1.165, 1.54) is 6.42 Å². The summed E-state index contributed by atoms with van der Waals surface area (Å²) in [5.41, 5.74) is 1.09. The molecule has 1 aromatic heterocycles. The highest BCUT2D eigenvalue weighted by Crippen LogP contribution is 1.96. The predicted molar refractivity (Wildman–Crippen MR) is 56.2 cm³/mol. The molecule has 4 heteroatoms. The molecule has 14 heavy (non-hydrogen) atoms. The van der Waals surface area contributed by atoms with Crippen molar-refractivity contribution in [2.75, 3.05) is 19.7 Å². The molecule has 1 rings (SSSR count). The maximum absolute atomic E-state index is 8.71. The molecule has 0 amide bonds. The Morgan fingerprint density at radius 3 is 3.07 bits per heavy atom. The van der Waals surface area contributed by atoms with Crippen molar-refractivity contribution < 1.29 is 5.11 Å². The van der Waals surface area contributed by atoms with Gasteiger partial charge in [-0.3, -0.25) is 0 Å². The lowest BCUT2D eigenvalue weighted by Gasteiger charge is -1.99. The smallest absolute Gasteiger partial charge is 0.0950 e. The number of nitrogens with one attached hydrogen (secondary N) is 1. The number of rotatable bonds is 7. The maximum atomic E-state index is 8.71. The predicted octanol–water partition coefficient (Wildman–Crippen LogP) is 0.418. The highest BCUT2D eigenvalue weighted by Gasteiger charge is 1.97. The Morgan fingerprint density at radius 1 is 1.50 bits per heavy atom. The van der Waals surface area contributed by atoms with Gasteiger partial charge in [-0.1, -0.05) is 6.92 Å². The number of hydrogen-bond donors (Lipinski definition) is 2. The maximum Gasteiger partial charge on any atom is 0.0950 e. The van der Waals surface area contributed by atoms with E-state index in [0.717, 1.165) is 25.2 Å². The fourth-order valence-corrected chi connectivity index (χ4v) is 1.29. The minimum atomic E-state index is 0.171. The summed E-state index contributed by atoms with van der Waals surface area (Å²) in [7, 11) is 0. The fourth-order valence-electron chi connectivity index (χ4n) is 1.29. The zero-order valence-corrected chi connectivity index (χ0v) is 8.74. The first-order valence-electron chi connectivity index (χ1n) is 5.19. The Morgan fingerprint density at radius 2 is 2.36 bits per heavy atom. The largest absolute Gasteiger partial charge is 0.395 e. The second-order valence-corrected chi connectivity index (χ2v) is 3.33. The molecular weight excluding hydrogens is 178 g/mol. The average Bonchev–Trinajstić information content (AvgIpc) is 2.61. The van der Waals surface area contributed by atoms with Crippen molar-refractivity contribution in [3.63, 3.8) is 0 Å². The molecule has 0 unspecified atom stereocenters. The minimum absolute atomic E-state index is 0.171. The quantitative estimate of drug-likeness (QED) is 0.623. The van der Waals surface area contributed by atoms with Crippen molar-refractivity contribution in [3.8, 4) is 0 Å². The summed E-state index contributed by atoms with van der Waals surface area (Å²) in [5.74, 6) is 0. The lowest BCUT2D eigenvalue weighted by atomic mass is 10.3. The summed E-state index contributed by atoms with van der Waals surface area (Å²) in [5, 5.41) is 12.0. The first kappa shape index (κ1) is 11.2. The molecule has 1 heterocycles. The molecule has 0 saturated heterocycles. The lowest BCUT2D eigenvalue weighted by molar-refractivity contribution is 0.276. The summed E-state index contributed by atoms with van der Waals surface area (Å²) >= 11 is 0. The second-order valence-electron chi connectivity index (χ2n) is 3.33. The Balaban J connectivity index is 2.22. The average molecular weight is 197 g/mol. The van der Waals surface area contributed by atoms with Gasteiger partial charge in [0.25, 0.3) is 0 Å². The number of aliphatic hydroxyl groups is 1. The molecule has 0 aromatic carbocycles. The van der Waals surface area contributed by atoms with Gasteiger partial charge in [-0.15, -0.1) is 0 Å². The SMILES string of the molecule is CCCNCCc1cn(CCO)cn1. The van der Waals surface area contributed by atoms with E-state index in [4.69, 9.17) is 5.11 Å².